The van der Waals surface area contributed by atoms with Crippen molar-refractivity contribution in [1.82, 2.24) is 10.6 Å². The van der Waals surface area contributed by atoms with Gasteiger partial charge < -0.3 is 16.4 Å². The number of thiophene rings is 1. The lowest BCUT2D eigenvalue weighted by Crippen LogP contribution is -2.41. The third-order valence-electron chi connectivity index (χ3n) is 6.15. The van der Waals surface area contributed by atoms with E-state index in [4.69, 9.17) is 5.73 Å². The average molecular weight is 509 g/mol. The quantitative estimate of drug-likeness (QED) is 0.293. The third-order valence-corrected chi connectivity index (χ3v) is 6.88. The van der Waals surface area contributed by atoms with Crippen molar-refractivity contribution in [3.63, 3.8) is 0 Å². The number of nitrogens with two attached hydrogens (primary N) is 1. The minimum Gasteiger partial charge on any atom is -0.348 e. The molecule has 2 atom stereocenters. The fourth-order valence-corrected chi connectivity index (χ4v) is 4.82. The van der Waals surface area contributed by atoms with Gasteiger partial charge in [0, 0.05) is 23.7 Å². The zero-order valence-corrected chi connectivity index (χ0v) is 21.3. The van der Waals surface area contributed by atoms with Gasteiger partial charge in [0.15, 0.2) is 0 Å². The highest BCUT2D eigenvalue weighted by Gasteiger charge is 2.19. The smallest absolute Gasteiger partial charge is 0.251 e. The third kappa shape index (κ3) is 6.50. The second-order valence-corrected chi connectivity index (χ2v) is 9.58. The van der Waals surface area contributed by atoms with Gasteiger partial charge in [-0.25, -0.2) is 0 Å². The summed E-state index contributed by atoms with van der Waals surface area (Å²) in [6.45, 7) is 2.19. The van der Waals surface area contributed by atoms with Gasteiger partial charge in [-0.3, -0.25) is 9.59 Å². The number of hydrogen-bond donors (Lipinski definition) is 3. The van der Waals surface area contributed by atoms with Crippen molar-refractivity contribution < 1.29 is 9.59 Å². The number of benzene rings is 3. The first-order valence-corrected chi connectivity index (χ1v) is 12.9. The van der Waals surface area contributed by atoms with Gasteiger partial charge in [0.25, 0.3) is 11.8 Å². The standard InChI is InChI=1S/C30H28N4O2S/c1-20(22-7-3-2-4-8-22)33-29(35)25-14-24(28-10-6-5-9-23(28)17-31)15-26(16-25)30(36)34-27(18-32)13-21-11-12-37-19-21/h2-12,14-16,19-20,27H,13,18,32H2,1H3,(H,33,35)(H,34,36)/t20-,27+/m1/s1. The van der Waals surface area contributed by atoms with Crippen LogP contribution < -0.4 is 16.4 Å². The van der Waals surface area contributed by atoms with Crippen LogP contribution in [0.5, 0.6) is 0 Å². The van der Waals surface area contributed by atoms with Crippen LogP contribution in [0.25, 0.3) is 11.1 Å². The van der Waals surface area contributed by atoms with E-state index in [9.17, 15) is 14.9 Å². The molecule has 0 saturated carbocycles. The average Bonchev–Trinajstić information content (AvgIpc) is 3.45. The van der Waals surface area contributed by atoms with E-state index < -0.39 is 0 Å². The molecule has 6 nitrogen and oxygen atoms in total. The van der Waals surface area contributed by atoms with E-state index in [-0.39, 0.29) is 30.4 Å². The van der Waals surface area contributed by atoms with Gasteiger partial charge in [-0.2, -0.15) is 16.6 Å². The minimum atomic E-state index is -0.327. The topological polar surface area (TPSA) is 108 Å². The number of carbonyl (C=O) groups is 2. The molecule has 37 heavy (non-hydrogen) atoms. The van der Waals surface area contributed by atoms with Crippen molar-refractivity contribution in [2.75, 3.05) is 6.54 Å². The van der Waals surface area contributed by atoms with Gasteiger partial charge in [0.05, 0.1) is 17.7 Å². The van der Waals surface area contributed by atoms with Crippen molar-refractivity contribution >= 4 is 23.2 Å². The first-order valence-electron chi connectivity index (χ1n) is 12.0. The van der Waals surface area contributed by atoms with E-state index in [1.165, 1.54) is 0 Å². The lowest BCUT2D eigenvalue weighted by atomic mass is 9.95. The number of nitriles is 1. The molecular formula is C30H28N4O2S. The summed E-state index contributed by atoms with van der Waals surface area (Å²) in [5.74, 6) is -0.637. The summed E-state index contributed by atoms with van der Waals surface area (Å²) >= 11 is 1.59. The zero-order valence-electron chi connectivity index (χ0n) is 20.5. The van der Waals surface area contributed by atoms with Crippen LogP contribution in [0.15, 0.2) is 89.6 Å². The highest BCUT2D eigenvalue weighted by molar-refractivity contribution is 7.07. The Bertz CT molecular complexity index is 1410. The molecule has 0 bridgehead atoms. The molecule has 0 unspecified atom stereocenters. The van der Waals surface area contributed by atoms with Crippen LogP contribution in [0.3, 0.4) is 0 Å². The lowest BCUT2D eigenvalue weighted by Gasteiger charge is -2.18. The highest BCUT2D eigenvalue weighted by atomic mass is 32.1. The summed E-state index contributed by atoms with van der Waals surface area (Å²) in [5, 5.41) is 19.7. The minimum absolute atomic E-state index is 0.228. The largest absolute Gasteiger partial charge is 0.348 e. The van der Waals surface area contributed by atoms with Crippen molar-refractivity contribution in [1.29, 1.82) is 5.26 Å². The molecule has 1 aromatic heterocycles. The van der Waals surface area contributed by atoms with Gasteiger partial charge in [-0.1, -0.05) is 48.5 Å². The molecule has 4 rings (SSSR count). The maximum absolute atomic E-state index is 13.3. The summed E-state index contributed by atoms with van der Waals surface area (Å²) < 4.78 is 0. The van der Waals surface area contributed by atoms with Gasteiger partial charge in [-0.15, -0.1) is 0 Å². The molecule has 7 heteroatoms. The maximum Gasteiger partial charge on any atom is 0.251 e. The Hall–Kier alpha value is -4.25. The van der Waals surface area contributed by atoms with Crippen molar-refractivity contribution in [2.24, 2.45) is 5.73 Å². The number of amides is 2. The van der Waals surface area contributed by atoms with Crippen molar-refractivity contribution in [3.05, 3.63) is 117 Å². The summed E-state index contributed by atoms with van der Waals surface area (Å²) in [4.78, 5) is 26.6. The molecule has 1 heterocycles. The summed E-state index contributed by atoms with van der Waals surface area (Å²) in [5.41, 5.74) is 10.4. The first-order chi connectivity index (χ1) is 18.0. The van der Waals surface area contributed by atoms with E-state index in [2.05, 4.69) is 16.7 Å². The van der Waals surface area contributed by atoms with Gasteiger partial charge in [0.1, 0.15) is 0 Å². The van der Waals surface area contributed by atoms with E-state index in [1.54, 1.807) is 41.7 Å². The predicted molar refractivity (Wildman–Crippen MR) is 147 cm³/mol. The first kappa shape index (κ1) is 25.8. The molecule has 0 spiro atoms. The van der Waals surface area contributed by atoms with Crippen molar-refractivity contribution in [2.45, 2.75) is 25.4 Å². The fourth-order valence-electron chi connectivity index (χ4n) is 4.14. The van der Waals surface area contributed by atoms with Crippen LogP contribution >= 0.6 is 11.3 Å². The molecule has 0 aliphatic heterocycles. The lowest BCUT2D eigenvalue weighted by molar-refractivity contribution is 0.0937. The molecule has 4 N–H and O–H groups in total. The van der Waals surface area contributed by atoms with Crippen molar-refractivity contribution in [3.8, 4) is 17.2 Å². The second-order valence-electron chi connectivity index (χ2n) is 8.80. The van der Waals surface area contributed by atoms with Gasteiger partial charge >= 0.3 is 0 Å². The maximum atomic E-state index is 13.3. The molecule has 0 aliphatic carbocycles. The summed E-state index contributed by atoms with van der Waals surface area (Å²) in [7, 11) is 0. The molecule has 0 saturated heterocycles. The van der Waals surface area contributed by atoms with Gasteiger partial charge in [0.2, 0.25) is 0 Å². The number of hydrogen-bond acceptors (Lipinski definition) is 5. The molecule has 2 amide bonds. The molecule has 0 radical (unpaired) electrons. The van der Waals surface area contributed by atoms with E-state index in [0.717, 1.165) is 11.1 Å². The Kier molecular flexibility index (Phi) is 8.47. The Balaban J connectivity index is 1.66. The molecule has 186 valence electrons. The number of rotatable bonds is 9. The summed E-state index contributed by atoms with van der Waals surface area (Å²) in [6.07, 6.45) is 0.616. The summed E-state index contributed by atoms with van der Waals surface area (Å²) in [6, 6.07) is 25.5. The highest BCUT2D eigenvalue weighted by Crippen LogP contribution is 2.26. The Morgan fingerprint density at radius 3 is 2.27 bits per heavy atom. The zero-order chi connectivity index (χ0) is 26.2. The predicted octanol–water partition coefficient (Wildman–Crippen LogP) is 5.08. The monoisotopic (exact) mass is 508 g/mol. The Morgan fingerprint density at radius 1 is 0.946 bits per heavy atom. The fraction of sp³-hybridized carbons (Fsp3) is 0.167. The van der Waals surface area contributed by atoms with Crippen LogP contribution in [0.1, 0.15) is 50.4 Å². The van der Waals surface area contributed by atoms with Crippen LogP contribution in [0, 0.1) is 11.3 Å². The number of nitrogens with one attached hydrogen (secondary N) is 2. The molecule has 0 aliphatic rings. The Labute approximate surface area is 220 Å². The number of carbonyl (C=O) groups excluding carboxylic acids is 2. The molecule has 0 fully saturated rings. The normalized spacial score (nSPS) is 12.2. The van der Waals surface area contributed by atoms with E-state index >= 15 is 0 Å². The molecule has 4 aromatic rings. The SMILES string of the molecule is C[C@@H](NC(=O)c1cc(C(=O)N[C@H](CN)Cc2ccsc2)cc(-c2ccccc2C#N)c1)c1ccccc1. The van der Waals surface area contributed by atoms with Crippen LogP contribution in [-0.4, -0.2) is 24.4 Å². The second kappa shape index (κ2) is 12.1. The van der Waals surface area contributed by atoms with Gasteiger partial charge in [-0.05, 0) is 76.7 Å². The Morgan fingerprint density at radius 2 is 1.62 bits per heavy atom. The molecular weight excluding hydrogens is 480 g/mol. The van der Waals surface area contributed by atoms with Crippen LogP contribution in [-0.2, 0) is 6.42 Å². The molecule has 3 aromatic carbocycles. The number of nitrogens with zero attached hydrogens (tertiary/aromatic N) is 1. The van der Waals surface area contributed by atoms with Crippen LogP contribution in [0.2, 0.25) is 0 Å². The van der Waals surface area contributed by atoms with E-state index in [1.807, 2.05) is 66.2 Å². The van der Waals surface area contributed by atoms with E-state index in [0.29, 0.717) is 34.2 Å². The van der Waals surface area contributed by atoms with Crippen LogP contribution in [0.4, 0.5) is 0 Å².